The molecular formula is C12H12ClF3N2. The quantitative estimate of drug-likeness (QED) is 0.753. The number of alkyl halides is 3. The molecule has 0 saturated carbocycles. The van der Waals surface area contributed by atoms with Crippen LogP contribution in [0.1, 0.15) is 18.4 Å². The summed E-state index contributed by atoms with van der Waals surface area (Å²) in [6.07, 6.45) is -2.64. The molecule has 0 aromatic heterocycles. The van der Waals surface area contributed by atoms with E-state index in [0.717, 1.165) is 37.4 Å². The highest BCUT2D eigenvalue weighted by Crippen LogP contribution is 2.35. The Kier molecular flexibility index (Phi) is 3.52. The van der Waals surface area contributed by atoms with Crippen molar-refractivity contribution in [1.82, 2.24) is 4.90 Å². The first-order chi connectivity index (χ1) is 8.38. The molecule has 1 aliphatic rings. The second-order valence-corrected chi connectivity index (χ2v) is 4.62. The van der Waals surface area contributed by atoms with Gasteiger partial charge in [-0.15, -0.1) is 0 Å². The Morgan fingerprint density at radius 1 is 1.33 bits per heavy atom. The second-order valence-electron chi connectivity index (χ2n) is 4.22. The van der Waals surface area contributed by atoms with E-state index in [1.165, 1.54) is 6.07 Å². The van der Waals surface area contributed by atoms with E-state index in [1.807, 2.05) is 11.9 Å². The lowest BCUT2D eigenvalue weighted by Gasteiger charge is -2.12. The molecule has 1 aromatic carbocycles. The van der Waals surface area contributed by atoms with Gasteiger partial charge in [-0.1, -0.05) is 11.6 Å². The minimum atomic E-state index is -4.37. The molecule has 6 heteroatoms. The van der Waals surface area contributed by atoms with Crippen LogP contribution in [-0.4, -0.2) is 24.3 Å². The van der Waals surface area contributed by atoms with Crippen molar-refractivity contribution in [2.45, 2.75) is 19.0 Å². The normalized spacial score (nSPS) is 18.7. The number of hydrogen-bond donors (Lipinski definition) is 0. The van der Waals surface area contributed by atoms with Crippen molar-refractivity contribution in [2.75, 3.05) is 13.6 Å². The van der Waals surface area contributed by atoms with Crippen LogP contribution in [0.4, 0.5) is 18.9 Å². The summed E-state index contributed by atoms with van der Waals surface area (Å²) >= 11 is 5.88. The Hall–Kier alpha value is -1.23. The lowest BCUT2D eigenvalue weighted by molar-refractivity contribution is -0.137. The Morgan fingerprint density at radius 3 is 2.61 bits per heavy atom. The molecule has 0 atom stereocenters. The van der Waals surface area contributed by atoms with Gasteiger partial charge >= 0.3 is 6.18 Å². The summed E-state index contributed by atoms with van der Waals surface area (Å²) in [6.45, 7) is 0.870. The maximum absolute atomic E-state index is 12.6. The van der Waals surface area contributed by atoms with Crippen LogP contribution in [0, 0.1) is 0 Å². The van der Waals surface area contributed by atoms with E-state index in [1.54, 1.807) is 0 Å². The fourth-order valence-electron chi connectivity index (χ4n) is 1.85. The fraction of sp³-hybridized carbons (Fsp3) is 0.417. The van der Waals surface area contributed by atoms with E-state index >= 15 is 0 Å². The molecule has 0 amide bonds. The van der Waals surface area contributed by atoms with Gasteiger partial charge in [0.25, 0.3) is 0 Å². The van der Waals surface area contributed by atoms with Gasteiger partial charge in [0.1, 0.15) is 5.84 Å². The SMILES string of the molecule is CN1CCCC1=Nc1cc(C(F)(F)F)ccc1Cl. The minimum absolute atomic E-state index is 0.176. The van der Waals surface area contributed by atoms with E-state index in [-0.39, 0.29) is 10.7 Å². The lowest BCUT2D eigenvalue weighted by Crippen LogP contribution is -2.18. The van der Waals surface area contributed by atoms with Gasteiger partial charge in [0, 0.05) is 20.0 Å². The predicted molar refractivity (Wildman–Crippen MR) is 65.4 cm³/mol. The Balaban J connectivity index is 2.38. The van der Waals surface area contributed by atoms with Crippen molar-refractivity contribution in [2.24, 2.45) is 4.99 Å². The first-order valence-electron chi connectivity index (χ1n) is 5.53. The number of nitrogens with zero attached hydrogens (tertiary/aromatic N) is 2. The molecule has 0 unspecified atom stereocenters. The number of hydrogen-bond acceptors (Lipinski definition) is 1. The molecule has 1 heterocycles. The number of amidine groups is 1. The van der Waals surface area contributed by atoms with E-state index in [9.17, 15) is 13.2 Å². The number of aliphatic imine (C=N–C) groups is 1. The van der Waals surface area contributed by atoms with Gasteiger partial charge in [-0.3, -0.25) is 0 Å². The first-order valence-corrected chi connectivity index (χ1v) is 5.91. The van der Waals surface area contributed by atoms with Gasteiger partial charge in [-0.05, 0) is 24.6 Å². The van der Waals surface area contributed by atoms with Crippen LogP contribution < -0.4 is 0 Å². The van der Waals surface area contributed by atoms with E-state index in [2.05, 4.69) is 4.99 Å². The third kappa shape index (κ3) is 2.77. The van der Waals surface area contributed by atoms with Crippen LogP contribution in [0.25, 0.3) is 0 Å². The van der Waals surface area contributed by atoms with Crippen molar-refractivity contribution in [3.8, 4) is 0 Å². The molecular weight excluding hydrogens is 265 g/mol. The zero-order valence-electron chi connectivity index (χ0n) is 9.76. The first kappa shape index (κ1) is 13.2. The summed E-state index contributed by atoms with van der Waals surface area (Å²) in [4.78, 5) is 6.15. The number of halogens is 4. The maximum atomic E-state index is 12.6. The van der Waals surface area contributed by atoms with Crippen LogP contribution in [0.2, 0.25) is 5.02 Å². The molecule has 0 radical (unpaired) electrons. The van der Waals surface area contributed by atoms with Gasteiger partial charge in [0.15, 0.2) is 0 Å². The fourth-order valence-corrected chi connectivity index (χ4v) is 2.01. The molecule has 0 spiro atoms. The summed E-state index contributed by atoms with van der Waals surface area (Å²) in [5.41, 5.74) is -0.554. The van der Waals surface area contributed by atoms with Crippen LogP contribution in [0.5, 0.6) is 0 Å². The monoisotopic (exact) mass is 276 g/mol. The van der Waals surface area contributed by atoms with Gasteiger partial charge in [0.2, 0.25) is 0 Å². The zero-order valence-corrected chi connectivity index (χ0v) is 10.5. The molecule has 2 nitrogen and oxygen atoms in total. The topological polar surface area (TPSA) is 15.6 Å². The Labute approximate surface area is 108 Å². The van der Waals surface area contributed by atoms with Gasteiger partial charge in [-0.2, -0.15) is 13.2 Å². The third-order valence-electron chi connectivity index (χ3n) is 2.86. The standard InChI is InChI=1S/C12H12ClF3N2/c1-18-6-2-3-11(18)17-10-7-8(12(14,15)16)4-5-9(10)13/h4-5,7H,2-3,6H2,1H3. The molecule has 98 valence electrons. The van der Waals surface area contributed by atoms with E-state index < -0.39 is 11.7 Å². The van der Waals surface area contributed by atoms with Crippen LogP contribution >= 0.6 is 11.6 Å². The number of likely N-dealkylation sites (tertiary alicyclic amines) is 1. The van der Waals surface area contributed by atoms with Gasteiger partial charge in [-0.25, -0.2) is 4.99 Å². The van der Waals surface area contributed by atoms with E-state index in [4.69, 9.17) is 11.6 Å². The Bertz CT molecular complexity index is 483. The van der Waals surface area contributed by atoms with Gasteiger partial charge < -0.3 is 4.90 Å². The highest BCUT2D eigenvalue weighted by molar-refractivity contribution is 6.33. The summed E-state index contributed by atoms with van der Waals surface area (Å²) in [7, 11) is 1.87. The van der Waals surface area contributed by atoms with Crippen molar-refractivity contribution in [1.29, 1.82) is 0 Å². The number of benzene rings is 1. The third-order valence-corrected chi connectivity index (χ3v) is 3.18. The molecule has 1 saturated heterocycles. The van der Waals surface area contributed by atoms with Crippen LogP contribution in [0.3, 0.4) is 0 Å². The summed E-state index contributed by atoms with van der Waals surface area (Å²) < 4.78 is 37.8. The smallest absolute Gasteiger partial charge is 0.363 e. The van der Waals surface area contributed by atoms with Crippen molar-refractivity contribution < 1.29 is 13.2 Å². The second kappa shape index (κ2) is 4.80. The average molecular weight is 277 g/mol. The summed E-state index contributed by atoms with van der Waals surface area (Å²) in [5.74, 6) is 0.774. The van der Waals surface area contributed by atoms with Gasteiger partial charge in [0.05, 0.1) is 16.3 Å². The minimum Gasteiger partial charge on any atom is -0.363 e. The maximum Gasteiger partial charge on any atom is 0.416 e. The Morgan fingerprint density at radius 2 is 2.06 bits per heavy atom. The molecule has 2 rings (SSSR count). The number of rotatable bonds is 1. The molecule has 0 bridgehead atoms. The molecule has 1 aliphatic heterocycles. The predicted octanol–water partition coefficient (Wildman–Crippen LogP) is 4.11. The van der Waals surface area contributed by atoms with Crippen LogP contribution in [-0.2, 0) is 6.18 Å². The van der Waals surface area contributed by atoms with Crippen molar-refractivity contribution in [3.05, 3.63) is 28.8 Å². The zero-order chi connectivity index (χ0) is 13.3. The molecule has 0 N–H and O–H groups in total. The largest absolute Gasteiger partial charge is 0.416 e. The lowest BCUT2D eigenvalue weighted by atomic mass is 10.2. The molecule has 1 fully saturated rings. The van der Waals surface area contributed by atoms with Crippen molar-refractivity contribution >= 4 is 23.1 Å². The highest BCUT2D eigenvalue weighted by atomic mass is 35.5. The summed E-state index contributed by atoms with van der Waals surface area (Å²) in [5, 5.41) is 0.232. The van der Waals surface area contributed by atoms with Crippen LogP contribution in [0.15, 0.2) is 23.2 Å². The van der Waals surface area contributed by atoms with E-state index in [0.29, 0.717) is 0 Å². The summed E-state index contributed by atoms with van der Waals surface area (Å²) in [6, 6.07) is 3.19. The highest BCUT2D eigenvalue weighted by Gasteiger charge is 2.31. The molecule has 18 heavy (non-hydrogen) atoms. The molecule has 1 aromatic rings. The molecule has 0 aliphatic carbocycles. The van der Waals surface area contributed by atoms with Crippen molar-refractivity contribution in [3.63, 3.8) is 0 Å². The average Bonchev–Trinajstić information content (AvgIpc) is 2.66.